The number of rotatable bonds is 0. The van der Waals surface area contributed by atoms with Crippen molar-refractivity contribution < 1.29 is 9.59 Å². The van der Waals surface area contributed by atoms with E-state index in [0.29, 0.717) is 0 Å². The van der Waals surface area contributed by atoms with E-state index < -0.39 is 24.1 Å². The van der Waals surface area contributed by atoms with Crippen LogP contribution in [0.25, 0.3) is 0 Å². The number of nitrogens with zero attached hydrogens (tertiary/aromatic N) is 2. The summed E-state index contributed by atoms with van der Waals surface area (Å²) in [6, 6.07) is -1.24. The summed E-state index contributed by atoms with van der Waals surface area (Å²) in [4.78, 5) is 24.6. The van der Waals surface area contributed by atoms with Gasteiger partial charge in [0.1, 0.15) is 12.2 Å². The highest BCUT2D eigenvalue weighted by Crippen LogP contribution is 2.08. The topological polar surface area (TPSA) is 92.7 Å². The van der Waals surface area contributed by atoms with Crippen LogP contribution in [0.1, 0.15) is 0 Å². The van der Waals surface area contributed by atoms with Gasteiger partial charge < -0.3 is 16.4 Å². The van der Waals surface area contributed by atoms with Crippen LogP contribution >= 0.6 is 0 Å². The molecule has 0 aliphatic carbocycles. The lowest BCUT2D eigenvalue weighted by Crippen LogP contribution is -2.67. The molecule has 0 unspecified atom stereocenters. The molecule has 6 nitrogen and oxygen atoms in total. The van der Waals surface area contributed by atoms with E-state index in [-0.39, 0.29) is 0 Å². The molecule has 0 aromatic rings. The van der Waals surface area contributed by atoms with Gasteiger partial charge in [-0.1, -0.05) is 0 Å². The van der Waals surface area contributed by atoms with E-state index in [2.05, 4.69) is 0 Å². The Labute approximate surface area is 70.1 Å². The summed E-state index contributed by atoms with van der Waals surface area (Å²) in [7, 11) is 2.89. The molecule has 1 heterocycles. The van der Waals surface area contributed by atoms with Gasteiger partial charge in [-0.15, -0.1) is 0 Å². The van der Waals surface area contributed by atoms with Gasteiger partial charge in [0.25, 0.3) is 5.91 Å². The van der Waals surface area contributed by atoms with Crippen LogP contribution in [0.3, 0.4) is 0 Å². The predicted molar refractivity (Wildman–Crippen MR) is 41.9 cm³/mol. The van der Waals surface area contributed by atoms with Crippen molar-refractivity contribution in [2.75, 3.05) is 14.1 Å². The first-order chi connectivity index (χ1) is 5.46. The molecular weight excluding hydrogens is 160 g/mol. The Balaban J connectivity index is 2.91. The molecule has 1 rings (SSSR count). The van der Waals surface area contributed by atoms with Gasteiger partial charge in [0.2, 0.25) is 0 Å². The monoisotopic (exact) mass is 172 g/mol. The van der Waals surface area contributed by atoms with Gasteiger partial charge in [-0.2, -0.15) is 0 Å². The third-order valence-corrected chi connectivity index (χ3v) is 2.02. The lowest BCUT2D eigenvalue weighted by Gasteiger charge is -2.37. The van der Waals surface area contributed by atoms with Gasteiger partial charge in [0, 0.05) is 14.1 Å². The first-order valence-corrected chi connectivity index (χ1v) is 3.52. The summed E-state index contributed by atoms with van der Waals surface area (Å²) in [5.41, 5.74) is 11.0. The van der Waals surface area contributed by atoms with Crippen LogP contribution in [0, 0.1) is 0 Å². The third-order valence-electron chi connectivity index (χ3n) is 2.02. The number of likely N-dealkylation sites (N-methyl/N-ethyl adjacent to an activating group) is 2. The van der Waals surface area contributed by atoms with E-state index in [1.54, 1.807) is 0 Å². The van der Waals surface area contributed by atoms with E-state index in [1.807, 2.05) is 0 Å². The molecule has 12 heavy (non-hydrogen) atoms. The molecule has 1 aliphatic heterocycles. The van der Waals surface area contributed by atoms with Crippen LogP contribution < -0.4 is 11.5 Å². The number of amides is 3. The van der Waals surface area contributed by atoms with E-state index in [0.717, 1.165) is 4.90 Å². The third kappa shape index (κ3) is 1.05. The molecule has 0 aromatic carbocycles. The minimum Gasteiger partial charge on any atom is -0.317 e. The molecule has 68 valence electrons. The van der Waals surface area contributed by atoms with Crippen molar-refractivity contribution in [3.63, 3.8) is 0 Å². The highest BCUT2D eigenvalue weighted by Gasteiger charge is 2.38. The average molecular weight is 172 g/mol. The minimum absolute atomic E-state index is 0.422. The predicted octanol–water partition coefficient (Wildman–Crippen LogP) is -1.88. The molecule has 1 saturated heterocycles. The number of hydrogen-bond donors (Lipinski definition) is 2. The SMILES string of the molecule is CN1C(=O)[C@H](N)[C@@H](N)N(C)C1=O. The summed E-state index contributed by atoms with van der Waals surface area (Å²) >= 11 is 0. The summed E-state index contributed by atoms with van der Waals surface area (Å²) in [5, 5.41) is 0. The molecule has 4 N–H and O–H groups in total. The number of carbonyl (C=O) groups excluding carboxylic acids is 2. The smallest absolute Gasteiger partial charge is 0.317 e. The van der Waals surface area contributed by atoms with E-state index >= 15 is 0 Å². The molecule has 6 heteroatoms. The van der Waals surface area contributed by atoms with Gasteiger partial charge in [-0.3, -0.25) is 9.69 Å². The summed E-state index contributed by atoms with van der Waals surface area (Å²) in [6.45, 7) is 0. The van der Waals surface area contributed by atoms with Crippen molar-refractivity contribution in [1.29, 1.82) is 0 Å². The van der Waals surface area contributed by atoms with Gasteiger partial charge in [-0.05, 0) is 0 Å². The number of carbonyl (C=O) groups is 2. The number of hydrogen-bond acceptors (Lipinski definition) is 4. The maximum absolute atomic E-state index is 11.2. The van der Waals surface area contributed by atoms with Gasteiger partial charge in [0.15, 0.2) is 0 Å². The second kappa shape index (κ2) is 2.72. The normalized spacial score (nSPS) is 31.3. The Hall–Kier alpha value is -1.14. The van der Waals surface area contributed by atoms with Crippen molar-refractivity contribution in [3.05, 3.63) is 0 Å². The quantitative estimate of drug-likeness (QED) is 0.447. The fraction of sp³-hybridized carbons (Fsp3) is 0.667. The summed E-state index contributed by atoms with van der Waals surface area (Å²) in [5.74, 6) is -0.439. The van der Waals surface area contributed by atoms with Crippen molar-refractivity contribution in [1.82, 2.24) is 9.80 Å². The number of nitrogens with two attached hydrogens (primary N) is 2. The van der Waals surface area contributed by atoms with Crippen LogP contribution in [0.4, 0.5) is 4.79 Å². The molecule has 1 fully saturated rings. The van der Waals surface area contributed by atoms with Gasteiger partial charge in [0.05, 0.1) is 0 Å². The fourth-order valence-corrected chi connectivity index (χ4v) is 1.07. The molecule has 1 aliphatic rings. The van der Waals surface area contributed by atoms with Gasteiger partial charge in [-0.25, -0.2) is 4.79 Å². The Morgan fingerprint density at radius 1 is 1.25 bits per heavy atom. The molecule has 0 bridgehead atoms. The maximum Gasteiger partial charge on any atom is 0.327 e. The zero-order chi connectivity index (χ0) is 9.46. The summed E-state index contributed by atoms with van der Waals surface area (Å²) < 4.78 is 0. The largest absolute Gasteiger partial charge is 0.327 e. The molecule has 0 spiro atoms. The zero-order valence-electron chi connectivity index (χ0n) is 7.02. The van der Waals surface area contributed by atoms with Crippen molar-refractivity contribution in [3.8, 4) is 0 Å². The van der Waals surface area contributed by atoms with Crippen molar-refractivity contribution in [2.45, 2.75) is 12.2 Å². The molecule has 3 amide bonds. The van der Waals surface area contributed by atoms with Gasteiger partial charge >= 0.3 is 6.03 Å². The Morgan fingerprint density at radius 2 is 1.75 bits per heavy atom. The molecular formula is C6H12N4O2. The van der Waals surface area contributed by atoms with E-state index in [1.165, 1.54) is 19.0 Å². The Bertz CT molecular complexity index is 208. The van der Waals surface area contributed by atoms with Crippen LogP contribution in [0.15, 0.2) is 0 Å². The maximum atomic E-state index is 11.2. The first-order valence-electron chi connectivity index (χ1n) is 3.52. The summed E-state index contributed by atoms with van der Waals surface area (Å²) in [6.07, 6.45) is -0.721. The second-order valence-corrected chi connectivity index (χ2v) is 2.81. The van der Waals surface area contributed by atoms with Crippen LogP contribution in [-0.2, 0) is 4.79 Å². The average Bonchev–Trinajstić information content (AvgIpc) is 2.08. The van der Waals surface area contributed by atoms with E-state index in [4.69, 9.17) is 11.5 Å². The lowest BCUT2D eigenvalue weighted by molar-refractivity contribution is -0.132. The number of imide groups is 1. The minimum atomic E-state index is -0.822. The molecule has 2 atom stereocenters. The van der Waals surface area contributed by atoms with Crippen molar-refractivity contribution in [2.24, 2.45) is 11.5 Å². The second-order valence-electron chi connectivity index (χ2n) is 2.81. The lowest BCUT2D eigenvalue weighted by atomic mass is 10.1. The fourth-order valence-electron chi connectivity index (χ4n) is 1.07. The van der Waals surface area contributed by atoms with Crippen LogP contribution in [-0.4, -0.2) is 48.0 Å². The highest BCUT2D eigenvalue weighted by atomic mass is 16.2. The zero-order valence-corrected chi connectivity index (χ0v) is 7.02. The van der Waals surface area contributed by atoms with E-state index in [9.17, 15) is 9.59 Å². The molecule has 0 radical (unpaired) electrons. The number of urea groups is 1. The highest BCUT2D eigenvalue weighted by molar-refractivity contribution is 5.99. The Morgan fingerprint density at radius 3 is 2.25 bits per heavy atom. The molecule has 0 aromatic heterocycles. The van der Waals surface area contributed by atoms with Crippen molar-refractivity contribution >= 4 is 11.9 Å². The Kier molecular flexibility index (Phi) is 2.03. The van der Waals surface area contributed by atoms with Crippen LogP contribution in [0.5, 0.6) is 0 Å². The standard InChI is InChI=1S/C6H12N4O2/c1-9-4(8)3(7)5(11)10(2)6(9)12/h3-4H,7-8H2,1-2H3/t3-,4+/m1/s1. The molecule has 0 saturated carbocycles. The van der Waals surface area contributed by atoms with Crippen LogP contribution in [0.2, 0.25) is 0 Å². The first kappa shape index (κ1) is 8.95.